The van der Waals surface area contributed by atoms with Crippen molar-refractivity contribution in [2.45, 2.75) is 51.9 Å². The molecule has 0 fully saturated rings. The second-order valence-corrected chi connectivity index (χ2v) is 5.61. The van der Waals surface area contributed by atoms with Gasteiger partial charge in [0.25, 0.3) is 5.91 Å². The van der Waals surface area contributed by atoms with E-state index in [2.05, 4.69) is 32.0 Å². The summed E-state index contributed by atoms with van der Waals surface area (Å²) in [4.78, 5) is 14.3. The maximum absolute atomic E-state index is 12.5. The number of nitrogens with zero attached hydrogens (tertiary/aromatic N) is 1. The zero-order valence-corrected chi connectivity index (χ0v) is 12.4. The van der Waals surface area contributed by atoms with E-state index in [1.54, 1.807) is 0 Å². The Bertz CT molecular complexity index is 449. The van der Waals surface area contributed by atoms with Crippen LogP contribution in [-0.4, -0.2) is 24.4 Å². The topological polar surface area (TPSA) is 20.3 Å². The fourth-order valence-corrected chi connectivity index (χ4v) is 3.00. The van der Waals surface area contributed by atoms with E-state index in [0.29, 0.717) is 5.92 Å². The largest absolute Gasteiger partial charge is 0.342 e. The van der Waals surface area contributed by atoms with Crippen LogP contribution in [0.1, 0.15) is 66.9 Å². The molecule has 0 atom stereocenters. The van der Waals surface area contributed by atoms with E-state index in [-0.39, 0.29) is 5.91 Å². The average Bonchev–Trinajstić information content (AvgIpc) is 2.43. The minimum absolute atomic E-state index is 0.197. The molecule has 0 saturated heterocycles. The van der Waals surface area contributed by atoms with Gasteiger partial charge in [-0.15, -0.1) is 0 Å². The lowest BCUT2D eigenvalue weighted by Crippen LogP contribution is -2.30. The molecular formula is C17H25NO. The van der Waals surface area contributed by atoms with Crippen LogP contribution in [0.2, 0.25) is 0 Å². The number of amides is 1. The van der Waals surface area contributed by atoms with Crippen molar-refractivity contribution in [2.75, 3.05) is 13.6 Å². The first-order valence-electron chi connectivity index (χ1n) is 7.55. The maximum Gasteiger partial charge on any atom is 0.253 e. The first kappa shape index (κ1) is 14.1. The number of benzene rings is 1. The van der Waals surface area contributed by atoms with Gasteiger partial charge >= 0.3 is 0 Å². The van der Waals surface area contributed by atoms with Crippen molar-refractivity contribution in [3.8, 4) is 0 Å². The summed E-state index contributed by atoms with van der Waals surface area (Å²) in [6.45, 7) is 5.32. The molecule has 19 heavy (non-hydrogen) atoms. The zero-order valence-electron chi connectivity index (χ0n) is 12.4. The van der Waals surface area contributed by atoms with Crippen LogP contribution in [0.5, 0.6) is 0 Å². The lowest BCUT2D eigenvalue weighted by molar-refractivity contribution is 0.0787. The number of fused-ring (bicyclic) bond motifs is 1. The van der Waals surface area contributed by atoms with Crippen LogP contribution in [0.25, 0.3) is 0 Å². The van der Waals surface area contributed by atoms with Gasteiger partial charge in [-0.1, -0.05) is 26.0 Å². The molecule has 0 unspecified atom stereocenters. The van der Waals surface area contributed by atoms with E-state index in [1.807, 2.05) is 11.9 Å². The molecule has 1 aliphatic heterocycles. The van der Waals surface area contributed by atoms with Gasteiger partial charge in [0.1, 0.15) is 0 Å². The molecule has 104 valence electrons. The number of rotatable bonds is 3. The summed E-state index contributed by atoms with van der Waals surface area (Å²) in [6.07, 6.45) is 5.60. The van der Waals surface area contributed by atoms with E-state index in [1.165, 1.54) is 17.5 Å². The summed E-state index contributed by atoms with van der Waals surface area (Å²) < 4.78 is 0. The molecule has 0 N–H and O–H groups in total. The van der Waals surface area contributed by atoms with E-state index in [0.717, 1.165) is 37.8 Å². The van der Waals surface area contributed by atoms with Gasteiger partial charge in [0.2, 0.25) is 0 Å². The molecule has 0 spiro atoms. The van der Waals surface area contributed by atoms with E-state index < -0.39 is 0 Å². The van der Waals surface area contributed by atoms with Crippen LogP contribution < -0.4 is 0 Å². The Hall–Kier alpha value is -1.31. The average molecular weight is 259 g/mol. The SMILES string of the molecule is CCC(CC)c1ccc2c(c1)C(=O)N(C)CCCC2. The summed E-state index contributed by atoms with van der Waals surface area (Å²) in [7, 11) is 1.92. The molecule has 0 saturated carbocycles. The number of hydrogen-bond acceptors (Lipinski definition) is 1. The number of hydrogen-bond donors (Lipinski definition) is 0. The smallest absolute Gasteiger partial charge is 0.253 e. The lowest BCUT2D eigenvalue weighted by atomic mass is 9.89. The van der Waals surface area contributed by atoms with Crippen molar-refractivity contribution >= 4 is 5.91 Å². The number of carbonyl (C=O) groups excluding carboxylic acids is 1. The molecule has 0 radical (unpaired) electrons. The predicted molar refractivity (Wildman–Crippen MR) is 79.7 cm³/mol. The van der Waals surface area contributed by atoms with Crippen LogP contribution in [-0.2, 0) is 6.42 Å². The molecule has 1 aromatic rings. The highest BCUT2D eigenvalue weighted by molar-refractivity contribution is 5.96. The van der Waals surface area contributed by atoms with Gasteiger partial charge in [-0.25, -0.2) is 0 Å². The molecule has 0 aliphatic carbocycles. The highest BCUT2D eigenvalue weighted by atomic mass is 16.2. The maximum atomic E-state index is 12.5. The lowest BCUT2D eigenvalue weighted by Gasteiger charge is -2.23. The van der Waals surface area contributed by atoms with Gasteiger partial charge in [-0.3, -0.25) is 4.79 Å². The van der Waals surface area contributed by atoms with Gasteiger partial charge in [0, 0.05) is 19.2 Å². The molecule has 1 aliphatic rings. The normalized spacial score (nSPS) is 16.2. The van der Waals surface area contributed by atoms with Crippen molar-refractivity contribution < 1.29 is 4.79 Å². The highest BCUT2D eigenvalue weighted by Crippen LogP contribution is 2.27. The van der Waals surface area contributed by atoms with Crippen LogP contribution in [0, 0.1) is 0 Å². The van der Waals surface area contributed by atoms with Crippen LogP contribution in [0.3, 0.4) is 0 Å². The quantitative estimate of drug-likeness (QED) is 0.803. The Balaban J connectivity index is 2.40. The predicted octanol–water partition coefficient (Wildman–Crippen LogP) is 4.00. The molecule has 1 aromatic carbocycles. The third-order valence-corrected chi connectivity index (χ3v) is 4.36. The monoisotopic (exact) mass is 259 g/mol. The number of carbonyl (C=O) groups is 1. The van der Waals surface area contributed by atoms with E-state index >= 15 is 0 Å². The molecule has 0 bridgehead atoms. The van der Waals surface area contributed by atoms with Crippen LogP contribution in [0.4, 0.5) is 0 Å². The molecule has 0 aromatic heterocycles. The Morgan fingerprint density at radius 3 is 2.63 bits per heavy atom. The molecule has 2 heteroatoms. The Morgan fingerprint density at radius 1 is 1.21 bits per heavy atom. The zero-order chi connectivity index (χ0) is 13.8. The number of aryl methyl sites for hydroxylation is 1. The Labute approximate surface area is 116 Å². The van der Waals surface area contributed by atoms with Crippen LogP contribution >= 0.6 is 0 Å². The van der Waals surface area contributed by atoms with Crippen molar-refractivity contribution in [2.24, 2.45) is 0 Å². The van der Waals surface area contributed by atoms with Gasteiger partial charge in [-0.05, 0) is 55.2 Å². The fourth-order valence-electron chi connectivity index (χ4n) is 3.00. The minimum atomic E-state index is 0.197. The molecule has 1 amide bonds. The summed E-state index contributed by atoms with van der Waals surface area (Å²) >= 11 is 0. The van der Waals surface area contributed by atoms with Crippen molar-refractivity contribution in [3.05, 3.63) is 34.9 Å². The summed E-state index contributed by atoms with van der Waals surface area (Å²) in [5.41, 5.74) is 3.49. The Kier molecular flexibility index (Phi) is 4.62. The van der Waals surface area contributed by atoms with Gasteiger partial charge < -0.3 is 4.90 Å². The fraction of sp³-hybridized carbons (Fsp3) is 0.588. The molecule has 1 heterocycles. The second kappa shape index (κ2) is 6.23. The molecular weight excluding hydrogens is 234 g/mol. The van der Waals surface area contributed by atoms with Crippen molar-refractivity contribution in [3.63, 3.8) is 0 Å². The van der Waals surface area contributed by atoms with E-state index in [4.69, 9.17) is 0 Å². The van der Waals surface area contributed by atoms with Gasteiger partial charge in [0.05, 0.1) is 0 Å². The first-order chi connectivity index (χ1) is 9.17. The van der Waals surface area contributed by atoms with Gasteiger partial charge in [0.15, 0.2) is 0 Å². The Morgan fingerprint density at radius 2 is 1.95 bits per heavy atom. The van der Waals surface area contributed by atoms with Gasteiger partial charge in [-0.2, -0.15) is 0 Å². The minimum Gasteiger partial charge on any atom is -0.342 e. The highest BCUT2D eigenvalue weighted by Gasteiger charge is 2.20. The van der Waals surface area contributed by atoms with Crippen LogP contribution in [0.15, 0.2) is 18.2 Å². The molecule has 2 nitrogen and oxygen atoms in total. The first-order valence-corrected chi connectivity index (χ1v) is 7.55. The van der Waals surface area contributed by atoms with Crippen molar-refractivity contribution in [1.82, 2.24) is 4.90 Å². The second-order valence-electron chi connectivity index (χ2n) is 5.61. The molecule has 2 rings (SSSR count). The van der Waals surface area contributed by atoms with Crippen molar-refractivity contribution in [1.29, 1.82) is 0 Å². The summed E-state index contributed by atoms with van der Waals surface area (Å²) in [6, 6.07) is 6.56. The summed E-state index contributed by atoms with van der Waals surface area (Å²) in [5, 5.41) is 0. The standard InChI is InChI=1S/C17H25NO/c1-4-13(5-2)15-10-9-14-8-6-7-11-18(3)17(19)16(14)12-15/h9-10,12-13H,4-8,11H2,1-3H3. The summed E-state index contributed by atoms with van der Waals surface area (Å²) in [5.74, 6) is 0.774. The van der Waals surface area contributed by atoms with E-state index in [9.17, 15) is 4.79 Å². The third kappa shape index (κ3) is 2.99. The third-order valence-electron chi connectivity index (χ3n) is 4.36.